The number of anilines is 16. The van der Waals surface area contributed by atoms with Crippen molar-refractivity contribution in [3.05, 3.63) is 144 Å². The lowest BCUT2D eigenvalue weighted by atomic mass is 10.2. The summed E-state index contributed by atoms with van der Waals surface area (Å²) < 4.78 is 50.4. The maximum Gasteiger partial charge on any atom is 0.229 e. The molecule has 0 spiro atoms. The van der Waals surface area contributed by atoms with E-state index in [0.29, 0.717) is 152 Å². The first-order valence-corrected chi connectivity index (χ1v) is 44.7. The molecule has 4 aliphatic carbocycles. The molecule has 0 atom stereocenters. The molecule has 0 bridgehead atoms. The van der Waals surface area contributed by atoms with Gasteiger partial charge < -0.3 is 71.9 Å². The van der Waals surface area contributed by atoms with Crippen molar-refractivity contribution in [2.75, 3.05) is 179 Å². The second-order valence-electron chi connectivity index (χ2n) is 31.1. The zero-order valence-electron chi connectivity index (χ0n) is 69.3. The van der Waals surface area contributed by atoms with Gasteiger partial charge in [-0.1, -0.05) is 6.92 Å². The molecular weight excluding hydrogens is 1570 g/mol. The Hall–Kier alpha value is -11.8. The van der Waals surface area contributed by atoms with Crippen molar-refractivity contribution in [2.24, 2.45) is 0 Å². The number of sulfonamides is 2. The topological polar surface area (TPSA) is 396 Å². The molecule has 0 unspecified atom stereocenters. The number of hydrogen-bond acceptors (Lipinski definition) is 30. The van der Waals surface area contributed by atoms with Crippen LogP contribution < -0.4 is 62.1 Å². The third kappa shape index (κ3) is 24.0. The monoisotopic (exact) mass is 1680 g/mol. The number of ketones is 4. The maximum absolute atomic E-state index is 12.0. The van der Waals surface area contributed by atoms with Crippen LogP contribution in [0.2, 0.25) is 0 Å². The molecule has 8 aliphatic rings. The SMILES string of the molecule is CC(=O)c1cnc(Nc2ccc(N3CCN(C(C)=O)CC3)cc2)nc1NC1CC1.CC(=O)c1cnc(Nc2ccc(N3CCN(S(C)(=O)=O)CC3)cc2)nc1NC1CC1.CCC(=O)N1CCN(c2ccc(Nc3ncc(C(C)=O)c(NC4CC4)n3)cc2)CC1.CCS(=O)(=O)N1CCN(c2ccc(Nc3ncc(C(C)=O)c(NC4CC4)n3)cc2)CC1. The van der Waals surface area contributed by atoms with Gasteiger partial charge >= 0.3 is 0 Å². The molecule has 34 nitrogen and oxygen atoms in total. The third-order valence-corrected chi connectivity index (χ3v) is 24.8. The van der Waals surface area contributed by atoms with Crippen LogP contribution in [-0.2, 0) is 29.6 Å². The molecule has 4 aliphatic heterocycles. The Kier molecular flexibility index (Phi) is 28.0. The van der Waals surface area contributed by atoms with Gasteiger partial charge in [-0.2, -0.15) is 28.5 Å². The number of Topliss-reactive ketones (excluding diaryl/α,β-unsaturated/α-hetero) is 4. The van der Waals surface area contributed by atoms with E-state index in [1.165, 1.54) is 38.3 Å². The Morgan fingerprint density at radius 1 is 0.342 bits per heavy atom. The largest absolute Gasteiger partial charge is 0.369 e. The molecule has 8 fully saturated rings. The van der Waals surface area contributed by atoms with Crippen molar-refractivity contribution < 1.29 is 45.6 Å². The lowest BCUT2D eigenvalue weighted by Gasteiger charge is -2.36. The van der Waals surface area contributed by atoms with Crippen LogP contribution in [0, 0.1) is 0 Å². The van der Waals surface area contributed by atoms with Gasteiger partial charge in [0.05, 0.1) is 34.3 Å². The first kappa shape index (κ1) is 86.1. The molecule has 8 N–H and O–H groups in total. The summed E-state index contributed by atoms with van der Waals surface area (Å²) in [6.45, 7) is 22.3. The van der Waals surface area contributed by atoms with E-state index in [1.807, 2.05) is 89.5 Å². The van der Waals surface area contributed by atoms with Gasteiger partial charge in [0.2, 0.25) is 55.7 Å². The summed E-state index contributed by atoms with van der Waals surface area (Å²) in [6.07, 6.45) is 16.8. The molecule has 8 heterocycles. The van der Waals surface area contributed by atoms with E-state index in [9.17, 15) is 45.6 Å². The fourth-order valence-corrected chi connectivity index (χ4v) is 15.8. The molecule has 36 heteroatoms. The van der Waals surface area contributed by atoms with Crippen LogP contribution >= 0.6 is 0 Å². The minimum atomic E-state index is -3.13. The number of hydrogen-bond donors (Lipinski definition) is 8. The van der Waals surface area contributed by atoms with Crippen molar-refractivity contribution >= 4 is 148 Å². The number of nitrogens with one attached hydrogen (secondary N) is 8. The normalized spacial score (nSPS) is 17.0. The van der Waals surface area contributed by atoms with Gasteiger partial charge in [-0.15, -0.1) is 0 Å². The molecule has 4 aromatic heterocycles. The first-order valence-electron chi connectivity index (χ1n) is 41.2. The van der Waals surface area contributed by atoms with Crippen molar-refractivity contribution in [1.82, 2.24) is 58.3 Å². The Morgan fingerprint density at radius 3 is 0.800 bits per heavy atom. The van der Waals surface area contributed by atoms with E-state index in [1.54, 1.807) is 42.9 Å². The zero-order chi connectivity index (χ0) is 84.8. The van der Waals surface area contributed by atoms with Crippen LogP contribution in [0.5, 0.6) is 0 Å². The number of carbonyl (C=O) groups excluding carboxylic acids is 6. The molecule has 120 heavy (non-hydrogen) atoms. The number of aromatic nitrogens is 8. The van der Waals surface area contributed by atoms with Gasteiger partial charge in [-0.25, -0.2) is 36.8 Å². The highest BCUT2D eigenvalue weighted by atomic mass is 32.2. The molecule has 4 saturated carbocycles. The number of piperazine rings is 4. The number of carbonyl (C=O) groups is 6. The van der Waals surface area contributed by atoms with Gasteiger partial charge in [0.15, 0.2) is 23.1 Å². The van der Waals surface area contributed by atoms with Crippen LogP contribution in [0.25, 0.3) is 0 Å². The van der Waals surface area contributed by atoms with E-state index >= 15 is 0 Å². The summed E-state index contributed by atoms with van der Waals surface area (Å²) in [5, 5.41) is 26.0. The minimum Gasteiger partial charge on any atom is -0.369 e. The highest BCUT2D eigenvalue weighted by molar-refractivity contribution is 7.89. The summed E-state index contributed by atoms with van der Waals surface area (Å²) >= 11 is 0. The molecule has 0 radical (unpaired) electrons. The van der Waals surface area contributed by atoms with E-state index in [2.05, 4.69) is 126 Å². The first-order chi connectivity index (χ1) is 57.7. The average Bonchev–Trinajstić information content (AvgIpc) is 1.58. The highest BCUT2D eigenvalue weighted by Gasteiger charge is 2.31. The fraction of sp³-hybridized carbons (Fsp3) is 0.452. The molecule has 2 amide bonds. The smallest absolute Gasteiger partial charge is 0.229 e. The van der Waals surface area contributed by atoms with Gasteiger partial charge in [0, 0.05) is 213 Å². The molecule has 4 aromatic carbocycles. The number of nitrogens with zero attached hydrogens (tertiary/aromatic N) is 16. The number of amides is 2. The van der Waals surface area contributed by atoms with Crippen molar-refractivity contribution in [3.8, 4) is 0 Å². The fourth-order valence-electron chi connectivity index (χ4n) is 13.9. The maximum atomic E-state index is 12.0. The molecule has 16 rings (SSSR count). The van der Waals surface area contributed by atoms with Crippen LogP contribution in [0.1, 0.15) is 148 Å². The van der Waals surface area contributed by atoms with E-state index in [0.717, 1.165) is 149 Å². The Balaban J connectivity index is 0.000000138. The standard InChI is InChI=1S/C22H28N6O2.C21H28N6O3S.C21H26N6O2.C20H26N6O3S/c1-3-20(30)28-12-10-27(11-13-28)18-8-6-17(7-9-18)25-22-23-14-19(15(2)29)21(26-22)24-16-4-5-16;1-3-31(29,30)27-12-10-26(11-13-27)18-8-6-17(7-9-18)24-21-22-14-19(15(2)28)20(25-21)23-16-4-5-16;1-14(28)19-13-22-21(25-20(19)23-16-3-4-16)24-17-5-7-18(8-6-17)27-11-9-26(10-12-27)15(2)29;1-14(27)18-13-21-20(24-19(18)22-15-3-4-15)23-16-5-7-17(8-6-16)25-9-11-26(12-10-25)30(2,28)29/h6-9,14,16H,3-5,10-13H2,1-2H3,(H2,23,24,25,26);6-9,14,16H,3-5,10-13H2,1-2H3,(H2,22,23,24,25);5-8,13,16H,3-4,9-12H2,1-2H3,(H2,22,23,24,25);5-8,13,15H,3-4,9-12H2,1-2H3,(H2,21,22,23,24). The van der Waals surface area contributed by atoms with Crippen molar-refractivity contribution in [2.45, 2.75) is 130 Å². The quantitative estimate of drug-likeness (QED) is 0.0211. The van der Waals surface area contributed by atoms with Crippen LogP contribution in [-0.4, -0.2) is 251 Å². The second kappa shape index (κ2) is 39.0. The second-order valence-corrected chi connectivity index (χ2v) is 35.3. The summed E-state index contributed by atoms with van der Waals surface area (Å²) in [6, 6.07) is 33.5. The average molecular weight is 1680 g/mol. The van der Waals surface area contributed by atoms with Crippen molar-refractivity contribution in [3.63, 3.8) is 0 Å². The summed E-state index contributed by atoms with van der Waals surface area (Å²) in [5.74, 6) is 4.39. The van der Waals surface area contributed by atoms with Gasteiger partial charge in [-0.05, 0) is 183 Å². The molecule has 4 saturated heterocycles. The van der Waals surface area contributed by atoms with Gasteiger partial charge in [0.1, 0.15) is 23.3 Å². The molecular formula is C84H108N24O10S2. The van der Waals surface area contributed by atoms with Crippen LogP contribution in [0.3, 0.4) is 0 Å². The number of rotatable bonds is 28. The van der Waals surface area contributed by atoms with Gasteiger partial charge in [-0.3, -0.25) is 28.8 Å². The Labute approximate surface area is 701 Å². The van der Waals surface area contributed by atoms with E-state index in [4.69, 9.17) is 0 Å². The molecule has 636 valence electrons. The van der Waals surface area contributed by atoms with E-state index in [-0.39, 0.29) is 40.7 Å². The predicted molar refractivity (Wildman–Crippen MR) is 469 cm³/mol. The Bertz CT molecular complexity index is 5180. The predicted octanol–water partition coefficient (Wildman–Crippen LogP) is 10.3. The summed E-state index contributed by atoms with van der Waals surface area (Å²) in [4.78, 5) is 118. The Morgan fingerprint density at radius 2 is 0.583 bits per heavy atom. The highest BCUT2D eigenvalue weighted by Crippen LogP contribution is 2.34. The van der Waals surface area contributed by atoms with Crippen molar-refractivity contribution in [1.29, 1.82) is 0 Å². The van der Waals surface area contributed by atoms with E-state index < -0.39 is 20.0 Å². The zero-order valence-corrected chi connectivity index (χ0v) is 70.9. The lowest BCUT2D eigenvalue weighted by Crippen LogP contribution is -2.49. The molecule has 8 aromatic rings. The lowest BCUT2D eigenvalue weighted by molar-refractivity contribution is -0.131. The van der Waals surface area contributed by atoms with Gasteiger partial charge in [0.25, 0.3) is 0 Å². The summed E-state index contributed by atoms with van der Waals surface area (Å²) in [5.41, 5.74) is 9.80. The number of benzene rings is 4. The third-order valence-electron chi connectivity index (χ3n) is 21.7. The van der Waals surface area contributed by atoms with Crippen LogP contribution in [0.4, 0.5) is 92.6 Å². The van der Waals surface area contributed by atoms with Crippen LogP contribution in [0.15, 0.2) is 122 Å². The minimum absolute atomic E-state index is 0.0465. The summed E-state index contributed by atoms with van der Waals surface area (Å²) in [7, 11) is -6.26.